The van der Waals surface area contributed by atoms with Crippen LogP contribution in [0.3, 0.4) is 0 Å². The van der Waals surface area contributed by atoms with Crippen LogP contribution in [0.1, 0.15) is 37.9 Å². The molecule has 0 saturated heterocycles. The number of hydrogen-bond acceptors (Lipinski definition) is 5. The van der Waals surface area contributed by atoms with Crippen LogP contribution in [0.4, 0.5) is 0 Å². The molecule has 6 nitrogen and oxygen atoms in total. The van der Waals surface area contributed by atoms with Crippen molar-refractivity contribution in [1.82, 2.24) is 9.72 Å². The number of aromatic nitrogens is 2. The largest absolute Gasteiger partial charge is 0.485 e. The third-order valence-corrected chi connectivity index (χ3v) is 3.96. The summed E-state index contributed by atoms with van der Waals surface area (Å²) in [6.07, 6.45) is 0.759. The van der Waals surface area contributed by atoms with Crippen molar-refractivity contribution in [2.45, 2.75) is 20.8 Å². The second-order valence-electron chi connectivity index (χ2n) is 5.81. The van der Waals surface area contributed by atoms with Crippen LogP contribution in [-0.2, 0) is 0 Å². The summed E-state index contributed by atoms with van der Waals surface area (Å²) < 4.78 is 12.5. The number of carbonyl (C=O) groups excluding carboxylic acids is 2. The number of hydrogen-bond donors (Lipinski definition) is 0. The van der Waals surface area contributed by atoms with Gasteiger partial charge in [0.05, 0.1) is 0 Å². The summed E-state index contributed by atoms with van der Waals surface area (Å²) in [6.45, 7) is 5.51. The van der Waals surface area contributed by atoms with E-state index >= 15 is 0 Å². The van der Waals surface area contributed by atoms with Crippen LogP contribution in [0.25, 0.3) is 5.82 Å². The number of nitrogens with zero attached hydrogens (tertiary/aromatic N) is 2. The Labute approximate surface area is 145 Å². The molecule has 0 spiro atoms. The fourth-order valence-electron chi connectivity index (χ4n) is 2.73. The van der Waals surface area contributed by atoms with Crippen molar-refractivity contribution in [3.8, 4) is 11.6 Å². The zero-order chi connectivity index (χ0) is 18.0. The molecule has 0 aliphatic heterocycles. The van der Waals surface area contributed by atoms with Gasteiger partial charge in [0.25, 0.3) is 0 Å². The Morgan fingerprint density at radius 2 is 1.92 bits per heavy atom. The van der Waals surface area contributed by atoms with E-state index in [4.69, 9.17) is 9.26 Å². The normalized spacial score (nSPS) is 10.7. The highest BCUT2D eigenvalue weighted by atomic mass is 16.5. The third-order valence-electron chi connectivity index (χ3n) is 3.96. The first-order chi connectivity index (χ1) is 12.0. The molecule has 0 unspecified atom stereocenters. The molecule has 0 aliphatic carbocycles. The molecule has 0 radical (unpaired) electrons. The van der Waals surface area contributed by atoms with E-state index in [9.17, 15) is 9.59 Å². The summed E-state index contributed by atoms with van der Waals surface area (Å²) in [7, 11) is 0. The van der Waals surface area contributed by atoms with Crippen LogP contribution < -0.4 is 4.74 Å². The molecule has 0 fully saturated rings. The first kappa shape index (κ1) is 16.7. The number of aldehydes is 1. The maximum atomic E-state index is 12.5. The first-order valence-corrected chi connectivity index (χ1v) is 7.83. The molecule has 0 amide bonds. The Morgan fingerprint density at radius 1 is 1.20 bits per heavy atom. The van der Waals surface area contributed by atoms with Crippen LogP contribution in [0.2, 0.25) is 0 Å². The number of ether oxygens (including phenoxy) is 1. The summed E-state index contributed by atoms with van der Waals surface area (Å²) in [6, 6.07) is 10.3. The lowest BCUT2D eigenvalue weighted by Crippen LogP contribution is -2.12. The lowest BCUT2D eigenvalue weighted by Gasteiger charge is -2.07. The SMILES string of the molecule is Cc1cc(-n2c(C)cc(C(=O)COc3ccc(C=O)cc3)c2C)no1. The summed E-state index contributed by atoms with van der Waals surface area (Å²) in [5.41, 5.74) is 2.83. The number of carbonyl (C=O) groups is 2. The van der Waals surface area contributed by atoms with Crippen LogP contribution >= 0.6 is 0 Å². The molecule has 128 valence electrons. The molecule has 0 aliphatic rings. The topological polar surface area (TPSA) is 74.3 Å². The van der Waals surface area contributed by atoms with Crippen molar-refractivity contribution >= 4 is 12.1 Å². The fourth-order valence-corrected chi connectivity index (χ4v) is 2.73. The Morgan fingerprint density at radius 3 is 2.52 bits per heavy atom. The number of ketones is 1. The monoisotopic (exact) mass is 338 g/mol. The van der Waals surface area contributed by atoms with Gasteiger partial charge in [0.15, 0.2) is 12.4 Å². The van der Waals surface area contributed by atoms with Gasteiger partial charge in [-0.2, -0.15) is 0 Å². The first-order valence-electron chi connectivity index (χ1n) is 7.83. The second kappa shape index (κ2) is 6.76. The average Bonchev–Trinajstić information content (AvgIpc) is 3.15. The van der Waals surface area contributed by atoms with E-state index in [0.29, 0.717) is 28.5 Å². The quantitative estimate of drug-likeness (QED) is 0.508. The van der Waals surface area contributed by atoms with E-state index in [-0.39, 0.29) is 12.4 Å². The van der Waals surface area contributed by atoms with Crippen LogP contribution in [0.15, 0.2) is 40.9 Å². The Bertz CT molecular complexity index is 920. The van der Waals surface area contributed by atoms with Gasteiger partial charge in [0, 0.05) is 28.6 Å². The van der Waals surface area contributed by atoms with Crippen LogP contribution in [0, 0.1) is 20.8 Å². The standard InChI is InChI=1S/C19H18N2O4/c1-12-8-17(14(3)21(12)19-9-13(2)25-20-19)18(23)11-24-16-6-4-15(10-22)5-7-16/h4-10H,11H2,1-3H3. The van der Waals surface area contributed by atoms with Crippen molar-refractivity contribution in [1.29, 1.82) is 0 Å². The lowest BCUT2D eigenvalue weighted by atomic mass is 10.1. The molecule has 2 aromatic heterocycles. The van der Waals surface area contributed by atoms with Gasteiger partial charge >= 0.3 is 0 Å². The summed E-state index contributed by atoms with van der Waals surface area (Å²) >= 11 is 0. The van der Waals surface area contributed by atoms with E-state index in [1.165, 1.54) is 0 Å². The molecule has 0 atom stereocenters. The fraction of sp³-hybridized carbons (Fsp3) is 0.211. The molecule has 0 bridgehead atoms. The molecular formula is C19H18N2O4. The van der Waals surface area contributed by atoms with Gasteiger partial charge in [-0.25, -0.2) is 0 Å². The van der Waals surface area contributed by atoms with E-state index in [0.717, 1.165) is 17.7 Å². The minimum absolute atomic E-state index is 0.0808. The maximum absolute atomic E-state index is 12.5. The van der Waals surface area contributed by atoms with E-state index in [1.54, 1.807) is 24.3 Å². The van der Waals surface area contributed by atoms with Gasteiger partial charge < -0.3 is 9.26 Å². The van der Waals surface area contributed by atoms with Gasteiger partial charge in [-0.3, -0.25) is 14.2 Å². The molecule has 3 aromatic rings. The van der Waals surface area contributed by atoms with Crippen molar-refractivity contribution in [3.63, 3.8) is 0 Å². The summed E-state index contributed by atoms with van der Waals surface area (Å²) in [5.74, 6) is 1.77. The minimum Gasteiger partial charge on any atom is -0.485 e. The van der Waals surface area contributed by atoms with E-state index in [1.807, 2.05) is 37.5 Å². The number of Topliss-reactive ketones (excluding diaryl/α,β-unsaturated/α-hetero) is 1. The minimum atomic E-state index is -0.126. The van der Waals surface area contributed by atoms with Crippen molar-refractivity contribution in [2.75, 3.05) is 6.61 Å². The Kier molecular flexibility index (Phi) is 4.52. The molecule has 1 aromatic carbocycles. The predicted molar refractivity (Wildman–Crippen MR) is 91.7 cm³/mol. The molecular weight excluding hydrogens is 320 g/mol. The van der Waals surface area contributed by atoms with Gasteiger partial charge in [-0.05, 0) is 51.1 Å². The smallest absolute Gasteiger partial charge is 0.202 e. The van der Waals surface area contributed by atoms with Gasteiger partial charge in [0.1, 0.15) is 17.8 Å². The number of aryl methyl sites for hydroxylation is 2. The molecule has 3 rings (SSSR count). The highest BCUT2D eigenvalue weighted by Crippen LogP contribution is 2.21. The Balaban J connectivity index is 1.77. The average molecular weight is 338 g/mol. The molecule has 25 heavy (non-hydrogen) atoms. The zero-order valence-corrected chi connectivity index (χ0v) is 14.3. The highest BCUT2D eigenvalue weighted by Gasteiger charge is 2.18. The van der Waals surface area contributed by atoms with E-state index in [2.05, 4.69) is 5.16 Å². The molecule has 6 heteroatoms. The van der Waals surface area contributed by atoms with E-state index < -0.39 is 0 Å². The van der Waals surface area contributed by atoms with Gasteiger partial charge in [-0.15, -0.1) is 0 Å². The van der Waals surface area contributed by atoms with Crippen LogP contribution in [-0.4, -0.2) is 28.4 Å². The zero-order valence-electron chi connectivity index (χ0n) is 14.3. The molecule has 2 heterocycles. The molecule has 0 N–H and O–H groups in total. The van der Waals surface area contributed by atoms with Crippen molar-refractivity contribution < 1.29 is 18.8 Å². The molecule has 0 saturated carbocycles. The second-order valence-corrected chi connectivity index (χ2v) is 5.81. The Hall–Kier alpha value is -3.15. The third kappa shape index (κ3) is 3.38. The number of rotatable bonds is 6. The van der Waals surface area contributed by atoms with Crippen molar-refractivity contribution in [3.05, 3.63) is 64.7 Å². The highest BCUT2D eigenvalue weighted by molar-refractivity contribution is 5.98. The number of benzene rings is 1. The lowest BCUT2D eigenvalue weighted by molar-refractivity contribution is 0.0920. The van der Waals surface area contributed by atoms with Gasteiger partial charge in [-0.1, -0.05) is 5.16 Å². The summed E-state index contributed by atoms with van der Waals surface area (Å²) in [5, 5.41) is 4.01. The van der Waals surface area contributed by atoms with Gasteiger partial charge in [0.2, 0.25) is 5.78 Å². The predicted octanol–water partition coefficient (Wildman–Crippen LogP) is 3.46. The van der Waals surface area contributed by atoms with Crippen LogP contribution in [0.5, 0.6) is 5.75 Å². The maximum Gasteiger partial charge on any atom is 0.202 e. The summed E-state index contributed by atoms with van der Waals surface area (Å²) in [4.78, 5) is 23.2. The van der Waals surface area contributed by atoms with Crippen molar-refractivity contribution in [2.24, 2.45) is 0 Å².